The van der Waals surface area contributed by atoms with Crippen LogP contribution >= 0.6 is 0 Å². The van der Waals surface area contributed by atoms with Gasteiger partial charge < -0.3 is 14.6 Å². The summed E-state index contributed by atoms with van der Waals surface area (Å²) < 4.78 is 11.0. The van der Waals surface area contributed by atoms with Crippen LogP contribution in [-0.4, -0.2) is 30.4 Å². The number of carbonyl (C=O) groups excluding carboxylic acids is 1. The largest absolute Gasteiger partial charge is 0.478 e. The molecule has 24 heavy (non-hydrogen) atoms. The molecule has 4 heteroatoms. The van der Waals surface area contributed by atoms with Crippen molar-refractivity contribution >= 4 is 5.97 Å². The minimum Gasteiger partial charge on any atom is -0.478 e. The van der Waals surface area contributed by atoms with E-state index in [0.717, 1.165) is 11.1 Å². The number of aliphatic hydroxyl groups is 1. The molecule has 2 rings (SSSR count). The van der Waals surface area contributed by atoms with E-state index in [9.17, 15) is 4.79 Å². The van der Waals surface area contributed by atoms with Gasteiger partial charge in [-0.2, -0.15) is 0 Å². The van der Waals surface area contributed by atoms with Gasteiger partial charge in [0.05, 0.1) is 0 Å². The van der Waals surface area contributed by atoms with Gasteiger partial charge in [-0.1, -0.05) is 55.1 Å². The molecule has 0 spiro atoms. The maximum absolute atomic E-state index is 12.3. The molecular formula is C20H22O4. The van der Waals surface area contributed by atoms with E-state index in [1.165, 1.54) is 6.08 Å². The van der Waals surface area contributed by atoms with Gasteiger partial charge in [0, 0.05) is 13.0 Å². The van der Waals surface area contributed by atoms with E-state index < -0.39 is 12.1 Å². The number of hydrogen-bond donors (Lipinski definition) is 1. The van der Waals surface area contributed by atoms with Gasteiger partial charge in [-0.05, 0) is 29.7 Å². The first kappa shape index (κ1) is 17.8. The summed E-state index contributed by atoms with van der Waals surface area (Å²) in [4.78, 5) is 12.3. The summed E-state index contributed by atoms with van der Waals surface area (Å²) in [5, 5.41) is 9.05. The highest BCUT2D eigenvalue weighted by atomic mass is 16.6. The van der Waals surface area contributed by atoms with Crippen LogP contribution in [0, 0.1) is 0 Å². The minimum atomic E-state index is -0.739. The number of hydrogen-bond acceptors (Lipinski definition) is 4. The molecule has 2 aromatic carbocycles. The van der Waals surface area contributed by atoms with Crippen molar-refractivity contribution in [3.8, 4) is 5.75 Å². The minimum absolute atomic E-state index is 0.0677. The molecule has 0 amide bonds. The average molecular weight is 326 g/mol. The summed E-state index contributed by atoms with van der Waals surface area (Å²) in [7, 11) is 0. The van der Waals surface area contributed by atoms with Crippen molar-refractivity contribution in [2.75, 3.05) is 13.2 Å². The first-order chi connectivity index (χ1) is 11.7. The van der Waals surface area contributed by atoms with Gasteiger partial charge >= 0.3 is 5.97 Å². The van der Waals surface area contributed by atoms with Crippen LogP contribution in [0.3, 0.4) is 0 Å². The van der Waals surface area contributed by atoms with Gasteiger partial charge in [0.15, 0.2) is 6.10 Å². The van der Waals surface area contributed by atoms with Crippen LogP contribution in [0.5, 0.6) is 5.75 Å². The van der Waals surface area contributed by atoms with Crippen molar-refractivity contribution in [2.24, 2.45) is 0 Å². The van der Waals surface area contributed by atoms with E-state index in [-0.39, 0.29) is 13.2 Å². The smallest absolute Gasteiger partial charge is 0.347 e. The Morgan fingerprint density at radius 1 is 1.12 bits per heavy atom. The second-order valence-corrected chi connectivity index (χ2v) is 5.34. The summed E-state index contributed by atoms with van der Waals surface area (Å²) in [6, 6.07) is 17.0. The molecule has 1 atom stereocenters. The van der Waals surface area contributed by atoms with Crippen molar-refractivity contribution in [1.82, 2.24) is 0 Å². The Morgan fingerprint density at radius 3 is 2.58 bits per heavy atom. The molecule has 0 saturated carbocycles. The van der Waals surface area contributed by atoms with Gasteiger partial charge in [0.2, 0.25) is 0 Å². The molecule has 0 aliphatic carbocycles. The second kappa shape index (κ2) is 9.53. The van der Waals surface area contributed by atoms with Crippen LogP contribution < -0.4 is 4.74 Å². The lowest BCUT2D eigenvalue weighted by atomic mass is 10.1. The summed E-state index contributed by atoms with van der Waals surface area (Å²) in [6.07, 6.45) is 1.75. The highest BCUT2D eigenvalue weighted by molar-refractivity contribution is 5.75. The average Bonchev–Trinajstić information content (AvgIpc) is 2.60. The number of benzene rings is 2. The first-order valence-electron chi connectivity index (χ1n) is 7.91. The van der Waals surface area contributed by atoms with E-state index in [0.29, 0.717) is 18.6 Å². The van der Waals surface area contributed by atoms with Crippen LogP contribution in [0.4, 0.5) is 0 Å². The fourth-order valence-corrected chi connectivity index (χ4v) is 2.30. The van der Waals surface area contributed by atoms with Crippen molar-refractivity contribution in [1.29, 1.82) is 0 Å². The standard InChI is InChI=1S/C20H22O4/c1-2-13-23-20(22)19(15-16-7-4-3-5-8-16)24-18-10-6-9-17(14-18)11-12-21/h2-10,14,19,21H,1,11-13,15H2/t19-/m0/s1. The topological polar surface area (TPSA) is 55.8 Å². The maximum atomic E-state index is 12.3. The van der Waals surface area contributed by atoms with E-state index in [1.54, 1.807) is 6.07 Å². The molecule has 126 valence electrons. The Labute approximate surface area is 142 Å². The Balaban J connectivity index is 2.13. The fraction of sp³-hybridized carbons (Fsp3) is 0.250. The van der Waals surface area contributed by atoms with Crippen molar-refractivity contribution in [2.45, 2.75) is 18.9 Å². The molecule has 1 N–H and O–H groups in total. The first-order valence-corrected chi connectivity index (χ1v) is 7.91. The zero-order valence-corrected chi connectivity index (χ0v) is 13.6. The molecule has 0 unspecified atom stereocenters. The van der Waals surface area contributed by atoms with Gasteiger partial charge in [0.25, 0.3) is 0 Å². The fourth-order valence-electron chi connectivity index (χ4n) is 2.30. The number of aliphatic hydroxyl groups excluding tert-OH is 1. The van der Waals surface area contributed by atoms with E-state index in [1.807, 2.05) is 48.5 Å². The number of rotatable bonds is 9. The van der Waals surface area contributed by atoms with E-state index in [2.05, 4.69) is 6.58 Å². The zero-order valence-electron chi connectivity index (χ0n) is 13.6. The summed E-state index contributed by atoms with van der Waals surface area (Å²) in [5.41, 5.74) is 1.94. The molecule has 0 heterocycles. The molecule has 0 aliphatic rings. The summed E-state index contributed by atoms with van der Waals surface area (Å²) >= 11 is 0. The predicted octanol–water partition coefficient (Wildman–Crippen LogP) is 2.94. The highest BCUT2D eigenvalue weighted by Gasteiger charge is 2.22. The third kappa shape index (κ3) is 5.56. The van der Waals surface area contributed by atoms with Crippen LogP contribution in [0.2, 0.25) is 0 Å². The van der Waals surface area contributed by atoms with Crippen LogP contribution in [-0.2, 0) is 22.4 Å². The second-order valence-electron chi connectivity index (χ2n) is 5.34. The molecule has 0 aliphatic heterocycles. The Hall–Kier alpha value is -2.59. The molecule has 0 aromatic heterocycles. The molecule has 0 fully saturated rings. The van der Waals surface area contributed by atoms with Crippen LogP contribution in [0.25, 0.3) is 0 Å². The quantitative estimate of drug-likeness (QED) is 0.569. The van der Waals surface area contributed by atoms with Gasteiger partial charge in [-0.15, -0.1) is 0 Å². The zero-order chi connectivity index (χ0) is 17.2. The van der Waals surface area contributed by atoms with E-state index in [4.69, 9.17) is 14.6 Å². The van der Waals surface area contributed by atoms with Gasteiger partial charge in [-0.25, -0.2) is 4.79 Å². The van der Waals surface area contributed by atoms with Gasteiger partial charge in [0.1, 0.15) is 12.4 Å². The number of esters is 1. The molecule has 0 radical (unpaired) electrons. The molecule has 4 nitrogen and oxygen atoms in total. The Kier molecular flexibility index (Phi) is 7.05. The molecular weight excluding hydrogens is 304 g/mol. The SMILES string of the molecule is C=CCOC(=O)[C@H](Cc1ccccc1)Oc1cccc(CCO)c1. The predicted molar refractivity (Wildman–Crippen MR) is 92.9 cm³/mol. The third-order valence-electron chi connectivity index (χ3n) is 3.45. The Morgan fingerprint density at radius 2 is 1.88 bits per heavy atom. The monoisotopic (exact) mass is 326 g/mol. The van der Waals surface area contributed by atoms with Crippen LogP contribution in [0.1, 0.15) is 11.1 Å². The Bertz CT molecular complexity index is 652. The van der Waals surface area contributed by atoms with Crippen molar-refractivity contribution in [3.63, 3.8) is 0 Å². The number of ether oxygens (including phenoxy) is 2. The summed E-state index contributed by atoms with van der Waals surface area (Å²) in [5.74, 6) is 0.156. The molecule has 0 bridgehead atoms. The van der Waals surface area contributed by atoms with Gasteiger partial charge in [-0.3, -0.25) is 0 Å². The van der Waals surface area contributed by atoms with E-state index >= 15 is 0 Å². The lowest BCUT2D eigenvalue weighted by Gasteiger charge is -2.18. The van der Waals surface area contributed by atoms with Crippen molar-refractivity contribution in [3.05, 3.63) is 78.4 Å². The third-order valence-corrected chi connectivity index (χ3v) is 3.45. The maximum Gasteiger partial charge on any atom is 0.347 e. The van der Waals surface area contributed by atoms with Crippen molar-refractivity contribution < 1.29 is 19.4 Å². The lowest BCUT2D eigenvalue weighted by Crippen LogP contribution is -2.31. The lowest BCUT2D eigenvalue weighted by molar-refractivity contribution is -0.150. The molecule has 0 saturated heterocycles. The number of carbonyl (C=O) groups is 1. The van der Waals surface area contributed by atoms with Crippen LogP contribution in [0.15, 0.2) is 67.3 Å². The molecule has 2 aromatic rings. The summed E-state index contributed by atoms with van der Waals surface area (Å²) in [6.45, 7) is 3.77. The highest BCUT2D eigenvalue weighted by Crippen LogP contribution is 2.18. The normalized spacial score (nSPS) is 11.5.